The van der Waals surface area contributed by atoms with Gasteiger partial charge in [-0.2, -0.15) is 0 Å². The van der Waals surface area contributed by atoms with Gasteiger partial charge in [-0.1, -0.05) is 6.92 Å². The zero-order valence-corrected chi connectivity index (χ0v) is 10.6. The van der Waals surface area contributed by atoms with E-state index in [2.05, 4.69) is 12.2 Å². The fourth-order valence-corrected chi connectivity index (χ4v) is 4.69. The average Bonchev–Trinajstić information content (AvgIpc) is 2.83. The molecule has 2 rings (SSSR count). The van der Waals surface area contributed by atoms with Crippen molar-refractivity contribution >= 4 is 9.84 Å². The van der Waals surface area contributed by atoms with Crippen molar-refractivity contribution in [3.05, 3.63) is 0 Å². The standard InChI is InChI=1S/C11H21NO3S/c1-2-12-11(10-4-3-6-15-10)9-5-7-16(13,14)8-9/h9-12H,2-8H2,1H3. The molecule has 0 saturated carbocycles. The highest BCUT2D eigenvalue weighted by molar-refractivity contribution is 7.91. The van der Waals surface area contributed by atoms with E-state index in [0.29, 0.717) is 11.5 Å². The minimum absolute atomic E-state index is 0.221. The van der Waals surface area contributed by atoms with E-state index in [9.17, 15) is 8.42 Å². The SMILES string of the molecule is CCNC(C1CCS(=O)(=O)C1)C1CCCO1. The van der Waals surface area contributed by atoms with Crippen molar-refractivity contribution in [3.8, 4) is 0 Å². The summed E-state index contributed by atoms with van der Waals surface area (Å²) in [6.45, 7) is 3.76. The van der Waals surface area contributed by atoms with Crippen molar-refractivity contribution in [2.45, 2.75) is 38.3 Å². The summed E-state index contributed by atoms with van der Waals surface area (Å²) in [6, 6.07) is 0.227. The van der Waals surface area contributed by atoms with Crippen LogP contribution in [-0.2, 0) is 14.6 Å². The first-order valence-corrected chi connectivity index (χ1v) is 8.00. The molecule has 4 nitrogen and oxygen atoms in total. The number of likely N-dealkylation sites (N-methyl/N-ethyl adjacent to an activating group) is 1. The van der Waals surface area contributed by atoms with Crippen LogP contribution in [-0.4, -0.2) is 45.2 Å². The zero-order valence-electron chi connectivity index (χ0n) is 9.81. The highest BCUT2D eigenvalue weighted by Gasteiger charge is 2.38. The fraction of sp³-hybridized carbons (Fsp3) is 1.00. The molecule has 94 valence electrons. The first-order chi connectivity index (χ1) is 7.62. The maximum absolute atomic E-state index is 11.5. The number of nitrogens with one attached hydrogen (secondary N) is 1. The van der Waals surface area contributed by atoms with E-state index in [1.165, 1.54) is 0 Å². The lowest BCUT2D eigenvalue weighted by Crippen LogP contribution is -2.45. The second-order valence-corrected chi connectivity index (χ2v) is 7.03. The van der Waals surface area contributed by atoms with Crippen LogP contribution < -0.4 is 5.32 Å². The van der Waals surface area contributed by atoms with Crippen molar-refractivity contribution in [1.82, 2.24) is 5.32 Å². The molecular weight excluding hydrogens is 226 g/mol. The van der Waals surface area contributed by atoms with E-state index in [1.807, 2.05) is 0 Å². The summed E-state index contributed by atoms with van der Waals surface area (Å²) in [6.07, 6.45) is 3.18. The molecule has 0 bridgehead atoms. The lowest BCUT2D eigenvalue weighted by Gasteiger charge is -2.28. The van der Waals surface area contributed by atoms with E-state index >= 15 is 0 Å². The Hall–Kier alpha value is -0.130. The van der Waals surface area contributed by atoms with E-state index < -0.39 is 9.84 Å². The van der Waals surface area contributed by atoms with Crippen LogP contribution >= 0.6 is 0 Å². The Labute approximate surface area is 97.7 Å². The van der Waals surface area contributed by atoms with Crippen LogP contribution in [0.15, 0.2) is 0 Å². The Kier molecular flexibility index (Phi) is 3.87. The van der Waals surface area contributed by atoms with Gasteiger partial charge in [-0.3, -0.25) is 0 Å². The van der Waals surface area contributed by atoms with Crippen molar-refractivity contribution in [2.24, 2.45) is 5.92 Å². The van der Waals surface area contributed by atoms with E-state index in [1.54, 1.807) is 0 Å². The lowest BCUT2D eigenvalue weighted by atomic mass is 9.93. The molecule has 3 unspecified atom stereocenters. The van der Waals surface area contributed by atoms with Crippen LogP contribution in [0.1, 0.15) is 26.2 Å². The van der Waals surface area contributed by atoms with Gasteiger partial charge in [0.2, 0.25) is 0 Å². The summed E-state index contributed by atoms with van der Waals surface area (Å²) in [5, 5.41) is 3.41. The van der Waals surface area contributed by atoms with Gasteiger partial charge in [-0.15, -0.1) is 0 Å². The molecule has 0 aromatic rings. The molecular formula is C11H21NO3S. The van der Waals surface area contributed by atoms with Crippen LogP contribution in [0, 0.1) is 5.92 Å². The Morgan fingerprint density at radius 2 is 2.25 bits per heavy atom. The largest absolute Gasteiger partial charge is 0.377 e. The van der Waals surface area contributed by atoms with Crippen LogP contribution in [0.5, 0.6) is 0 Å². The molecule has 2 fully saturated rings. The molecule has 0 spiro atoms. The van der Waals surface area contributed by atoms with Crippen LogP contribution in [0.4, 0.5) is 0 Å². The van der Waals surface area contributed by atoms with Gasteiger partial charge in [0.25, 0.3) is 0 Å². The van der Waals surface area contributed by atoms with Crippen LogP contribution in [0.2, 0.25) is 0 Å². The predicted molar refractivity (Wildman–Crippen MR) is 63.2 cm³/mol. The fourth-order valence-electron chi connectivity index (χ4n) is 2.83. The zero-order chi connectivity index (χ0) is 11.6. The van der Waals surface area contributed by atoms with Crippen molar-refractivity contribution in [1.29, 1.82) is 0 Å². The summed E-state index contributed by atoms with van der Waals surface area (Å²) in [4.78, 5) is 0. The van der Waals surface area contributed by atoms with Crippen LogP contribution in [0.25, 0.3) is 0 Å². The Morgan fingerprint density at radius 3 is 2.75 bits per heavy atom. The quantitative estimate of drug-likeness (QED) is 0.789. The van der Waals surface area contributed by atoms with Gasteiger partial charge < -0.3 is 10.1 Å². The van der Waals surface area contributed by atoms with Gasteiger partial charge in [0.15, 0.2) is 9.84 Å². The number of rotatable bonds is 4. The molecule has 2 aliphatic rings. The average molecular weight is 247 g/mol. The summed E-state index contributed by atoms with van der Waals surface area (Å²) in [7, 11) is -2.78. The molecule has 0 aromatic carbocycles. The molecule has 2 saturated heterocycles. The summed E-state index contributed by atoms with van der Waals surface area (Å²) < 4.78 is 28.7. The van der Waals surface area contributed by atoms with Crippen molar-refractivity contribution in [2.75, 3.05) is 24.7 Å². The lowest BCUT2D eigenvalue weighted by molar-refractivity contribution is 0.0622. The molecule has 5 heteroatoms. The third-order valence-corrected chi connectivity index (χ3v) is 5.37. The third-order valence-electron chi connectivity index (χ3n) is 3.58. The van der Waals surface area contributed by atoms with Gasteiger partial charge in [0, 0.05) is 12.6 Å². The van der Waals surface area contributed by atoms with Gasteiger partial charge in [0.1, 0.15) is 0 Å². The first kappa shape index (κ1) is 12.3. The second kappa shape index (κ2) is 5.02. The van der Waals surface area contributed by atoms with Gasteiger partial charge in [-0.05, 0) is 31.7 Å². The maximum Gasteiger partial charge on any atom is 0.150 e. The molecule has 0 amide bonds. The minimum Gasteiger partial charge on any atom is -0.377 e. The van der Waals surface area contributed by atoms with Crippen LogP contribution in [0.3, 0.4) is 0 Å². The minimum atomic E-state index is -2.78. The van der Waals surface area contributed by atoms with Crippen molar-refractivity contribution < 1.29 is 13.2 Å². The molecule has 1 N–H and O–H groups in total. The summed E-state index contributed by atoms with van der Waals surface area (Å²) in [5.74, 6) is 0.935. The highest BCUT2D eigenvalue weighted by atomic mass is 32.2. The topological polar surface area (TPSA) is 55.4 Å². The second-order valence-electron chi connectivity index (χ2n) is 4.80. The Morgan fingerprint density at radius 1 is 1.44 bits per heavy atom. The van der Waals surface area contributed by atoms with Gasteiger partial charge in [-0.25, -0.2) is 8.42 Å². The van der Waals surface area contributed by atoms with Crippen molar-refractivity contribution in [3.63, 3.8) is 0 Å². The summed E-state index contributed by atoms with van der Waals surface area (Å²) >= 11 is 0. The van der Waals surface area contributed by atoms with Gasteiger partial charge in [0.05, 0.1) is 17.6 Å². The molecule has 0 radical (unpaired) electrons. The van der Waals surface area contributed by atoms with Gasteiger partial charge >= 0.3 is 0 Å². The normalized spacial score (nSPS) is 35.3. The molecule has 2 aliphatic heterocycles. The van der Waals surface area contributed by atoms with E-state index in [4.69, 9.17) is 4.74 Å². The number of hydrogen-bond acceptors (Lipinski definition) is 4. The molecule has 0 aromatic heterocycles. The number of hydrogen-bond donors (Lipinski definition) is 1. The molecule has 16 heavy (non-hydrogen) atoms. The van der Waals surface area contributed by atoms with E-state index in [-0.39, 0.29) is 18.1 Å². The Balaban J connectivity index is 2.01. The number of sulfone groups is 1. The van der Waals surface area contributed by atoms with E-state index in [0.717, 1.165) is 32.4 Å². The molecule has 0 aliphatic carbocycles. The first-order valence-electron chi connectivity index (χ1n) is 6.18. The molecule has 2 heterocycles. The Bertz CT molecular complexity index is 322. The third kappa shape index (κ3) is 2.76. The monoisotopic (exact) mass is 247 g/mol. The smallest absolute Gasteiger partial charge is 0.150 e. The predicted octanol–water partition coefficient (Wildman–Crippen LogP) is 0.578. The number of ether oxygens (including phenoxy) is 1. The summed E-state index contributed by atoms with van der Waals surface area (Å²) in [5.41, 5.74) is 0. The molecule has 3 atom stereocenters. The highest BCUT2D eigenvalue weighted by Crippen LogP contribution is 2.28. The maximum atomic E-state index is 11.5.